The van der Waals surface area contributed by atoms with Crippen molar-refractivity contribution in [3.63, 3.8) is 0 Å². The number of piperazine rings is 1. The van der Waals surface area contributed by atoms with Crippen LogP contribution in [0.25, 0.3) is 0 Å². The Morgan fingerprint density at radius 2 is 2.00 bits per heavy atom. The van der Waals surface area contributed by atoms with E-state index in [2.05, 4.69) is 36.7 Å². The predicted molar refractivity (Wildman–Crippen MR) is 113 cm³/mol. The summed E-state index contributed by atoms with van der Waals surface area (Å²) < 4.78 is 20.4. The second-order valence-corrected chi connectivity index (χ2v) is 8.95. The normalized spacial score (nSPS) is 32.6. The molecule has 3 heterocycles. The molecule has 3 fully saturated rings. The maximum atomic E-state index is 14.5. The fraction of sp³-hybridized carbons (Fsp3) is 0.810. The van der Waals surface area contributed by atoms with Gasteiger partial charge in [-0.2, -0.15) is 0 Å². The fourth-order valence-corrected chi connectivity index (χ4v) is 4.97. The Labute approximate surface area is 178 Å². The number of rotatable bonds is 7. The molecule has 2 aliphatic heterocycles. The molecule has 168 valence electrons. The van der Waals surface area contributed by atoms with E-state index in [1.165, 1.54) is 0 Å². The van der Waals surface area contributed by atoms with E-state index in [0.717, 1.165) is 50.7 Å². The summed E-state index contributed by atoms with van der Waals surface area (Å²) >= 11 is 0. The summed E-state index contributed by atoms with van der Waals surface area (Å²) in [5, 5.41) is 9.02. The van der Waals surface area contributed by atoms with Gasteiger partial charge in [-0.25, -0.2) is 19.8 Å². The molecule has 0 aromatic carbocycles. The summed E-state index contributed by atoms with van der Waals surface area (Å²) in [6, 6.07) is 2.18. The van der Waals surface area contributed by atoms with Gasteiger partial charge in [-0.1, -0.05) is 0 Å². The van der Waals surface area contributed by atoms with E-state index in [1.54, 1.807) is 6.33 Å². The number of anilines is 1. The smallest absolute Gasteiger partial charge is 0.132 e. The first-order valence-corrected chi connectivity index (χ1v) is 11.3. The zero-order chi connectivity index (χ0) is 21.1. The molecule has 4 rings (SSSR count). The van der Waals surface area contributed by atoms with Gasteiger partial charge in [0.1, 0.15) is 18.3 Å². The van der Waals surface area contributed by atoms with Crippen LogP contribution in [0.1, 0.15) is 44.8 Å². The van der Waals surface area contributed by atoms with E-state index in [-0.39, 0.29) is 36.8 Å². The highest BCUT2D eigenvalue weighted by molar-refractivity contribution is 5.40. The number of hydrazine groups is 1. The van der Waals surface area contributed by atoms with Crippen molar-refractivity contribution in [2.45, 2.75) is 63.6 Å². The van der Waals surface area contributed by atoms with E-state index >= 15 is 0 Å². The van der Waals surface area contributed by atoms with E-state index in [9.17, 15) is 4.39 Å². The molecule has 0 bridgehead atoms. The third-order valence-electron chi connectivity index (χ3n) is 6.52. The van der Waals surface area contributed by atoms with Gasteiger partial charge < -0.3 is 14.7 Å². The maximum absolute atomic E-state index is 14.5. The van der Waals surface area contributed by atoms with Gasteiger partial charge in [-0.05, 0) is 33.1 Å². The van der Waals surface area contributed by atoms with Gasteiger partial charge in [0.2, 0.25) is 0 Å². The minimum absolute atomic E-state index is 0.0206. The van der Waals surface area contributed by atoms with E-state index in [0.29, 0.717) is 12.8 Å². The highest BCUT2D eigenvalue weighted by atomic mass is 19.1. The Balaban J connectivity index is 1.41. The molecule has 1 saturated carbocycles. The van der Waals surface area contributed by atoms with Crippen LogP contribution in [0, 0.1) is 5.92 Å². The lowest BCUT2D eigenvalue weighted by Gasteiger charge is -2.37. The highest BCUT2D eigenvalue weighted by Gasteiger charge is 2.46. The molecule has 1 aromatic heterocycles. The van der Waals surface area contributed by atoms with Gasteiger partial charge in [0.15, 0.2) is 0 Å². The number of hydrogen-bond acceptors (Lipinski definition) is 8. The van der Waals surface area contributed by atoms with Crippen molar-refractivity contribution in [1.29, 1.82) is 0 Å². The molecular weight excluding hydrogens is 387 g/mol. The number of fused-ring (bicyclic) bond motifs is 1. The minimum atomic E-state index is -0.940. The van der Waals surface area contributed by atoms with Crippen molar-refractivity contribution in [1.82, 2.24) is 25.7 Å². The summed E-state index contributed by atoms with van der Waals surface area (Å²) in [4.78, 5) is 13.7. The van der Waals surface area contributed by atoms with Crippen LogP contribution in [-0.2, 0) is 4.74 Å². The van der Waals surface area contributed by atoms with E-state index in [1.807, 2.05) is 13.8 Å². The SMILES string of the molecule is CC(C)OC1CC2C(CC1F)NNC2c1cc(N2CCN(CCCO)CC2)ncn1. The van der Waals surface area contributed by atoms with Crippen molar-refractivity contribution < 1.29 is 14.2 Å². The third kappa shape index (κ3) is 4.91. The van der Waals surface area contributed by atoms with E-state index in [4.69, 9.17) is 9.84 Å². The zero-order valence-electron chi connectivity index (χ0n) is 18.0. The van der Waals surface area contributed by atoms with E-state index < -0.39 is 6.17 Å². The minimum Gasteiger partial charge on any atom is -0.396 e. The molecule has 0 radical (unpaired) electrons. The van der Waals surface area contributed by atoms with Crippen LogP contribution in [-0.4, -0.2) is 83.7 Å². The summed E-state index contributed by atoms with van der Waals surface area (Å²) in [6.45, 7) is 8.87. The first-order chi connectivity index (χ1) is 14.5. The molecule has 8 nitrogen and oxygen atoms in total. The molecular formula is C21H35FN6O2. The molecule has 3 aliphatic rings. The summed E-state index contributed by atoms with van der Waals surface area (Å²) in [6.07, 6.45) is 2.32. The predicted octanol–water partition coefficient (Wildman–Crippen LogP) is 1.04. The van der Waals surface area contributed by atoms with Gasteiger partial charge in [0, 0.05) is 57.4 Å². The number of aliphatic hydroxyl groups is 1. The van der Waals surface area contributed by atoms with Crippen LogP contribution < -0.4 is 15.8 Å². The highest BCUT2D eigenvalue weighted by Crippen LogP contribution is 2.40. The fourth-order valence-electron chi connectivity index (χ4n) is 4.97. The van der Waals surface area contributed by atoms with Gasteiger partial charge in [-0.3, -0.25) is 10.3 Å². The number of alkyl halides is 1. The van der Waals surface area contributed by atoms with Crippen LogP contribution in [0.3, 0.4) is 0 Å². The Bertz CT molecular complexity index is 687. The number of aromatic nitrogens is 2. The van der Waals surface area contributed by atoms with Crippen LogP contribution in [0.4, 0.5) is 10.2 Å². The number of nitrogens with one attached hydrogen (secondary N) is 2. The summed E-state index contributed by atoms with van der Waals surface area (Å²) in [5.41, 5.74) is 7.59. The maximum Gasteiger partial charge on any atom is 0.132 e. The first kappa shape index (κ1) is 21.8. The van der Waals surface area contributed by atoms with Gasteiger partial charge >= 0.3 is 0 Å². The molecule has 5 atom stereocenters. The van der Waals surface area contributed by atoms with Crippen LogP contribution in [0.5, 0.6) is 0 Å². The number of aliphatic hydroxyl groups excluding tert-OH is 1. The van der Waals surface area contributed by atoms with Crippen molar-refractivity contribution in [2.75, 3.05) is 44.2 Å². The molecule has 30 heavy (non-hydrogen) atoms. The third-order valence-corrected chi connectivity index (χ3v) is 6.52. The molecule has 2 saturated heterocycles. The molecule has 0 spiro atoms. The lowest BCUT2D eigenvalue weighted by Crippen LogP contribution is -2.47. The number of halogens is 1. The van der Waals surface area contributed by atoms with Crippen molar-refractivity contribution in [3.8, 4) is 0 Å². The summed E-state index contributed by atoms with van der Waals surface area (Å²) in [7, 11) is 0. The molecule has 9 heteroatoms. The topological polar surface area (TPSA) is 85.8 Å². The Hall–Kier alpha value is -1.39. The Kier molecular flexibility index (Phi) is 7.15. The van der Waals surface area contributed by atoms with Crippen LogP contribution in [0.2, 0.25) is 0 Å². The molecule has 1 aromatic rings. The van der Waals surface area contributed by atoms with Crippen molar-refractivity contribution in [2.24, 2.45) is 5.92 Å². The van der Waals surface area contributed by atoms with Gasteiger partial charge in [0.25, 0.3) is 0 Å². The van der Waals surface area contributed by atoms with Crippen molar-refractivity contribution in [3.05, 3.63) is 18.1 Å². The average Bonchev–Trinajstić information content (AvgIpc) is 3.15. The van der Waals surface area contributed by atoms with Crippen molar-refractivity contribution >= 4 is 5.82 Å². The molecule has 1 aliphatic carbocycles. The Morgan fingerprint density at radius 1 is 1.20 bits per heavy atom. The summed E-state index contributed by atoms with van der Waals surface area (Å²) in [5.74, 6) is 1.18. The lowest BCUT2D eigenvalue weighted by atomic mass is 9.78. The van der Waals surface area contributed by atoms with Crippen LogP contribution >= 0.6 is 0 Å². The molecule has 0 amide bonds. The molecule has 3 N–H and O–H groups in total. The number of ether oxygens (including phenoxy) is 1. The lowest BCUT2D eigenvalue weighted by molar-refractivity contribution is -0.0708. The number of hydrogen-bond donors (Lipinski definition) is 3. The van der Waals surface area contributed by atoms with Crippen LogP contribution in [0.15, 0.2) is 12.4 Å². The second-order valence-electron chi connectivity index (χ2n) is 8.95. The monoisotopic (exact) mass is 422 g/mol. The standard InChI is InChI=1S/C21H35FN6O2/c1-14(2)30-19-10-15-17(11-16(19)22)25-26-21(15)18-12-20(24-13-23-18)28-7-5-27(6-8-28)4-3-9-29/h12-17,19,21,25-26,29H,3-11H2,1-2H3. The second kappa shape index (κ2) is 9.82. The zero-order valence-corrected chi connectivity index (χ0v) is 18.0. The van der Waals surface area contributed by atoms with Gasteiger partial charge in [0.05, 0.1) is 23.9 Å². The first-order valence-electron chi connectivity index (χ1n) is 11.3. The quantitative estimate of drug-likeness (QED) is 0.601. The molecule has 5 unspecified atom stereocenters. The average molecular weight is 423 g/mol. The largest absolute Gasteiger partial charge is 0.396 e. The van der Waals surface area contributed by atoms with Gasteiger partial charge in [-0.15, -0.1) is 0 Å². The Morgan fingerprint density at radius 3 is 2.73 bits per heavy atom. The number of nitrogens with zero attached hydrogens (tertiary/aromatic N) is 4.